The number of benzene rings is 2. The molecule has 7 nitrogen and oxygen atoms in total. The van der Waals surface area contributed by atoms with E-state index in [0.717, 1.165) is 0 Å². The van der Waals surface area contributed by atoms with Crippen molar-refractivity contribution in [3.05, 3.63) is 59.7 Å². The highest BCUT2D eigenvalue weighted by Gasteiger charge is 2.17. The van der Waals surface area contributed by atoms with Gasteiger partial charge in [0.25, 0.3) is 0 Å². The van der Waals surface area contributed by atoms with E-state index < -0.39 is 22.6 Å². The molecule has 0 atom stereocenters. The van der Waals surface area contributed by atoms with Crippen LogP contribution in [-0.2, 0) is 14.8 Å². The molecule has 0 saturated heterocycles. The molecule has 2 aromatic carbocycles. The standard InChI is InChI=1S/C19H21NO6S/c1-3-11-20-27(23,24)17-6-4-5-15(12-17)19(22)26-13-18(21)14-7-9-16(25-2)10-8-14/h4-10,12,20H,3,11,13H2,1-2H3. The van der Waals surface area contributed by atoms with Gasteiger partial charge in [0.15, 0.2) is 12.4 Å². The van der Waals surface area contributed by atoms with Crippen LogP contribution in [0.5, 0.6) is 5.75 Å². The van der Waals surface area contributed by atoms with Gasteiger partial charge in [-0.3, -0.25) is 4.79 Å². The summed E-state index contributed by atoms with van der Waals surface area (Å²) in [7, 11) is -2.18. The van der Waals surface area contributed by atoms with Gasteiger partial charge in [0, 0.05) is 12.1 Å². The molecule has 0 heterocycles. The Bertz CT molecular complexity index is 906. The number of hydrogen-bond donors (Lipinski definition) is 1. The summed E-state index contributed by atoms with van der Waals surface area (Å²) in [6.45, 7) is 1.69. The van der Waals surface area contributed by atoms with Gasteiger partial charge < -0.3 is 9.47 Å². The van der Waals surface area contributed by atoms with E-state index in [-0.39, 0.29) is 16.2 Å². The van der Waals surface area contributed by atoms with Crippen molar-refractivity contribution >= 4 is 21.8 Å². The van der Waals surface area contributed by atoms with E-state index in [9.17, 15) is 18.0 Å². The zero-order valence-electron chi connectivity index (χ0n) is 15.1. The van der Waals surface area contributed by atoms with Gasteiger partial charge in [-0.1, -0.05) is 13.0 Å². The van der Waals surface area contributed by atoms with Gasteiger partial charge >= 0.3 is 5.97 Å². The van der Waals surface area contributed by atoms with Crippen LogP contribution in [-0.4, -0.2) is 40.4 Å². The fourth-order valence-electron chi connectivity index (χ4n) is 2.18. The summed E-state index contributed by atoms with van der Waals surface area (Å²) in [6.07, 6.45) is 0.647. The van der Waals surface area contributed by atoms with E-state index in [1.54, 1.807) is 24.3 Å². The first-order valence-electron chi connectivity index (χ1n) is 8.31. The van der Waals surface area contributed by atoms with Crippen LogP contribution in [0.15, 0.2) is 53.4 Å². The number of sulfonamides is 1. The summed E-state index contributed by atoms with van der Waals surface area (Å²) in [6, 6.07) is 11.9. The molecule has 0 spiro atoms. The lowest BCUT2D eigenvalue weighted by Gasteiger charge is -2.08. The summed E-state index contributed by atoms with van der Waals surface area (Å²) in [5.41, 5.74) is 0.431. The zero-order valence-corrected chi connectivity index (χ0v) is 15.9. The molecular weight excluding hydrogens is 370 g/mol. The Kier molecular flexibility index (Phi) is 7.09. The smallest absolute Gasteiger partial charge is 0.338 e. The number of rotatable bonds is 9. The van der Waals surface area contributed by atoms with Crippen molar-refractivity contribution < 1.29 is 27.5 Å². The third-order valence-electron chi connectivity index (χ3n) is 3.67. The minimum absolute atomic E-state index is 0.0353. The minimum Gasteiger partial charge on any atom is -0.497 e. The van der Waals surface area contributed by atoms with E-state index >= 15 is 0 Å². The Balaban J connectivity index is 2.03. The van der Waals surface area contributed by atoms with Gasteiger partial charge in [-0.25, -0.2) is 17.9 Å². The Morgan fingerprint density at radius 1 is 1.04 bits per heavy atom. The maximum atomic E-state index is 12.2. The van der Waals surface area contributed by atoms with Gasteiger partial charge in [0.2, 0.25) is 10.0 Å². The van der Waals surface area contributed by atoms with E-state index in [2.05, 4.69) is 4.72 Å². The van der Waals surface area contributed by atoms with E-state index in [1.807, 2.05) is 6.92 Å². The normalized spacial score (nSPS) is 11.0. The second-order valence-corrected chi connectivity index (χ2v) is 7.42. The van der Waals surface area contributed by atoms with Crippen molar-refractivity contribution in [1.82, 2.24) is 4.72 Å². The van der Waals surface area contributed by atoms with Crippen molar-refractivity contribution in [2.45, 2.75) is 18.2 Å². The van der Waals surface area contributed by atoms with Gasteiger partial charge in [-0.05, 0) is 48.9 Å². The highest BCUT2D eigenvalue weighted by atomic mass is 32.2. The maximum absolute atomic E-state index is 12.2. The summed E-state index contributed by atoms with van der Waals surface area (Å²) in [5, 5.41) is 0. The first-order valence-corrected chi connectivity index (χ1v) is 9.80. The molecule has 0 aliphatic carbocycles. The quantitative estimate of drug-likeness (QED) is 0.521. The Morgan fingerprint density at radius 3 is 2.37 bits per heavy atom. The molecule has 2 aromatic rings. The van der Waals surface area contributed by atoms with Crippen molar-refractivity contribution in [1.29, 1.82) is 0 Å². The van der Waals surface area contributed by atoms with E-state index in [1.165, 1.54) is 31.4 Å². The van der Waals surface area contributed by atoms with Crippen LogP contribution in [0.3, 0.4) is 0 Å². The second kappa shape index (κ2) is 9.29. The van der Waals surface area contributed by atoms with Crippen LogP contribution < -0.4 is 9.46 Å². The van der Waals surface area contributed by atoms with Crippen LogP contribution in [0.4, 0.5) is 0 Å². The molecule has 27 heavy (non-hydrogen) atoms. The second-order valence-electron chi connectivity index (χ2n) is 5.65. The molecule has 0 amide bonds. The molecule has 0 fully saturated rings. The number of Topliss-reactive ketones (excluding diaryl/α,β-unsaturated/α-hetero) is 1. The van der Waals surface area contributed by atoms with Crippen LogP contribution in [0.1, 0.15) is 34.1 Å². The Hall–Kier alpha value is -2.71. The van der Waals surface area contributed by atoms with Crippen LogP contribution in [0.2, 0.25) is 0 Å². The predicted octanol–water partition coefficient (Wildman–Crippen LogP) is 2.42. The maximum Gasteiger partial charge on any atom is 0.338 e. The average molecular weight is 391 g/mol. The van der Waals surface area contributed by atoms with Crippen molar-refractivity contribution in [3.8, 4) is 5.75 Å². The van der Waals surface area contributed by atoms with Crippen molar-refractivity contribution in [3.63, 3.8) is 0 Å². The fourth-order valence-corrected chi connectivity index (χ4v) is 3.36. The number of ether oxygens (including phenoxy) is 2. The summed E-state index contributed by atoms with van der Waals surface area (Å²) in [4.78, 5) is 24.2. The minimum atomic E-state index is -3.70. The third-order valence-corrected chi connectivity index (χ3v) is 5.13. The summed E-state index contributed by atoms with van der Waals surface area (Å²) < 4.78 is 36.7. The van der Waals surface area contributed by atoms with Gasteiger partial charge in [-0.15, -0.1) is 0 Å². The summed E-state index contributed by atoms with van der Waals surface area (Å²) in [5.74, 6) is -0.540. The monoisotopic (exact) mass is 391 g/mol. The highest BCUT2D eigenvalue weighted by molar-refractivity contribution is 7.89. The lowest BCUT2D eigenvalue weighted by atomic mass is 10.1. The average Bonchev–Trinajstić information content (AvgIpc) is 2.70. The molecule has 0 radical (unpaired) electrons. The van der Waals surface area contributed by atoms with Crippen LogP contribution in [0.25, 0.3) is 0 Å². The SMILES string of the molecule is CCCNS(=O)(=O)c1cccc(C(=O)OCC(=O)c2ccc(OC)cc2)c1. The lowest BCUT2D eigenvalue weighted by molar-refractivity contribution is 0.0474. The van der Waals surface area contributed by atoms with Gasteiger partial charge in [0.05, 0.1) is 17.6 Å². The molecule has 144 valence electrons. The molecule has 0 saturated carbocycles. The topological polar surface area (TPSA) is 98.8 Å². The van der Waals surface area contributed by atoms with E-state index in [4.69, 9.17) is 9.47 Å². The molecule has 0 bridgehead atoms. The molecular formula is C19H21NO6S. The summed E-state index contributed by atoms with van der Waals surface area (Å²) >= 11 is 0. The molecule has 0 aliphatic heterocycles. The highest BCUT2D eigenvalue weighted by Crippen LogP contribution is 2.14. The molecule has 2 rings (SSSR count). The fraction of sp³-hybridized carbons (Fsp3) is 0.263. The number of carbonyl (C=O) groups is 2. The Labute approximate surface area is 158 Å². The third kappa shape index (κ3) is 5.63. The van der Waals surface area contributed by atoms with Gasteiger partial charge in [-0.2, -0.15) is 0 Å². The molecule has 8 heteroatoms. The number of esters is 1. The number of carbonyl (C=O) groups excluding carboxylic acids is 2. The molecule has 0 aromatic heterocycles. The predicted molar refractivity (Wildman–Crippen MR) is 99.5 cm³/mol. The number of methoxy groups -OCH3 is 1. The van der Waals surface area contributed by atoms with E-state index in [0.29, 0.717) is 24.3 Å². The van der Waals surface area contributed by atoms with Crippen LogP contribution >= 0.6 is 0 Å². The first-order chi connectivity index (χ1) is 12.9. The van der Waals surface area contributed by atoms with Crippen molar-refractivity contribution in [2.24, 2.45) is 0 Å². The Morgan fingerprint density at radius 2 is 1.74 bits per heavy atom. The largest absolute Gasteiger partial charge is 0.497 e. The molecule has 1 N–H and O–H groups in total. The number of ketones is 1. The zero-order chi connectivity index (χ0) is 19.9. The van der Waals surface area contributed by atoms with Gasteiger partial charge in [0.1, 0.15) is 5.75 Å². The molecule has 0 aliphatic rings. The molecule has 0 unspecified atom stereocenters. The number of hydrogen-bond acceptors (Lipinski definition) is 6. The van der Waals surface area contributed by atoms with Crippen LogP contribution in [0, 0.1) is 0 Å². The lowest BCUT2D eigenvalue weighted by Crippen LogP contribution is -2.24. The number of nitrogens with one attached hydrogen (secondary N) is 1. The first kappa shape index (κ1) is 20.6. The van der Waals surface area contributed by atoms with Crippen molar-refractivity contribution in [2.75, 3.05) is 20.3 Å².